The van der Waals surface area contributed by atoms with E-state index in [-0.39, 0.29) is 17.1 Å². The van der Waals surface area contributed by atoms with Crippen LogP contribution in [0.5, 0.6) is 11.5 Å². The number of ether oxygens (including phenoxy) is 1. The molecule has 1 aliphatic rings. The molecule has 35 heavy (non-hydrogen) atoms. The Morgan fingerprint density at radius 1 is 1.14 bits per heavy atom. The average molecular weight is 493 g/mol. The van der Waals surface area contributed by atoms with Gasteiger partial charge in [-0.2, -0.15) is 0 Å². The van der Waals surface area contributed by atoms with Crippen molar-refractivity contribution < 1.29 is 24.5 Å². The number of aliphatic hydroxyl groups excluding tert-OH is 1. The second kappa shape index (κ2) is 10.3. The Hall–Kier alpha value is -3.65. The number of unbranched alkanes of at least 4 members (excludes halogenated alkanes) is 1. The van der Waals surface area contributed by atoms with Crippen LogP contribution in [0.1, 0.15) is 53.7 Å². The molecule has 4 rings (SSSR count). The van der Waals surface area contributed by atoms with Gasteiger partial charge >= 0.3 is 0 Å². The fourth-order valence-electron chi connectivity index (χ4n) is 4.20. The summed E-state index contributed by atoms with van der Waals surface area (Å²) in [6.45, 7) is 6.28. The number of phenolic OH excluding ortho intramolecular Hbond substituents is 1. The van der Waals surface area contributed by atoms with E-state index in [0.29, 0.717) is 40.7 Å². The van der Waals surface area contributed by atoms with Crippen LogP contribution in [-0.2, 0) is 4.79 Å². The maximum atomic E-state index is 13.8. The van der Waals surface area contributed by atoms with Crippen molar-refractivity contribution in [2.45, 2.75) is 39.7 Å². The Bertz CT molecular complexity index is 1280. The first-order valence-corrected chi connectivity index (χ1v) is 12.5. The molecule has 1 aromatic heterocycles. The smallest absolute Gasteiger partial charge is 0.290 e. The summed E-state index contributed by atoms with van der Waals surface area (Å²) in [4.78, 5) is 33.4. The lowest BCUT2D eigenvalue weighted by atomic mass is 9.94. The standard InChI is InChI=1S/C27H28N2O5S/c1-4-6-14-29-22(18-12-13-19(30)20(15-18)34-5-2)21(24(32)27(29)33)23(31)25-16(3)28-26(35-25)17-10-8-7-9-11-17/h7-13,15,22,30,32H,4-6,14H2,1-3H3. The first-order chi connectivity index (χ1) is 16.9. The van der Waals surface area contributed by atoms with Gasteiger partial charge < -0.3 is 19.8 Å². The minimum Gasteiger partial charge on any atom is -0.504 e. The van der Waals surface area contributed by atoms with Crippen LogP contribution in [0.2, 0.25) is 0 Å². The van der Waals surface area contributed by atoms with E-state index in [2.05, 4.69) is 4.98 Å². The number of hydrogen-bond donors (Lipinski definition) is 2. The average Bonchev–Trinajstić information content (AvgIpc) is 3.37. The molecule has 2 heterocycles. The Kier molecular flexibility index (Phi) is 7.21. The molecule has 3 aromatic rings. The molecule has 0 spiro atoms. The number of aromatic nitrogens is 1. The van der Waals surface area contributed by atoms with Gasteiger partial charge in [0.15, 0.2) is 17.3 Å². The summed E-state index contributed by atoms with van der Waals surface area (Å²) in [7, 11) is 0. The van der Waals surface area contributed by atoms with Crippen LogP contribution in [0, 0.1) is 6.92 Å². The lowest BCUT2D eigenvalue weighted by Crippen LogP contribution is -2.32. The predicted molar refractivity (Wildman–Crippen MR) is 135 cm³/mol. The topological polar surface area (TPSA) is 100.0 Å². The molecule has 2 aromatic carbocycles. The molecular formula is C27H28N2O5S. The highest BCUT2D eigenvalue weighted by Gasteiger charge is 2.44. The van der Waals surface area contributed by atoms with Crippen LogP contribution in [-0.4, -0.2) is 44.9 Å². The number of phenols is 1. The van der Waals surface area contributed by atoms with Crippen molar-refractivity contribution in [1.29, 1.82) is 0 Å². The van der Waals surface area contributed by atoms with Gasteiger partial charge in [0.1, 0.15) is 5.01 Å². The minimum atomic E-state index is -0.803. The van der Waals surface area contributed by atoms with E-state index < -0.39 is 23.5 Å². The van der Waals surface area contributed by atoms with Gasteiger partial charge in [0, 0.05) is 12.1 Å². The number of rotatable bonds is 9. The second-order valence-corrected chi connectivity index (χ2v) is 9.30. The lowest BCUT2D eigenvalue weighted by molar-refractivity contribution is -0.129. The van der Waals surface area contributed by atoms with Gasteiger partial charge in [-0.05, 0) is 38.0 Å². The number of ketones is 1. The fraction of sp³-hybridized carbons (Fsp3) is 0.296. The number of thiazole rings is 1. The summed E-state index contributed by atoms with van der Waals surface area (Å²) in [5.41, 5.74) is 2.03. The Morgan fingerprint density at radius 2 is 1.89 bits per heavy atom. The van der Waals surface area contributed by atoms with Crippen molar-refractivity contribution in [3.8, 4) is 22.1 Å². The second-order valence-electron chi connectivity index (χ2n) is 8.31. The summed E-state index contributed by atoms with van der Waals surface area (Å²) in [5, 5.41) is 21.8. The highest BCUT2D eigenvalue weighted by Crippen LogP contribution is 2.43. The number of Topliss-reactive ketones (excluding diaryl/α,β-unsaturated/α-hetero) is 1. The van der Waals surface area contributed by atoms with E-state index in [4.69, 9.17) is 4.74 Å². The first kappa shape index (κ1) is 24.5. The molecule has 182 valence electrons. The SMILES string of the molecule is CCCCN1C(=O)C(O)=C(C(=O)c2sc(-c3ccccc3)nc2C)C1c1ccc(O)c(OCC)c1. The zero-order valence-corrected chi connectivity index (χ0v) is 20.8. The molecular weight excluding hydrogens is 464 g/mol. The lowest BCUT2D eigenvalue weighted by Gasteiger charge is -2.27. The van der Waals surface area contributed by atoms with Crippen LogP contribution in [0.4, 0.5) is 0 Å². The molecule has 7 nitrogen and oxygen atoms in total. The van der Waals surface area contributed by atoms with Crippen LogP contribution in [0.15, 0.2) is 59.9 Å². The molecule has 0 radical (unpaired) electrons. The van der Waals surface area contributed by atoms with Crippen LogP contribution >= 0.6 is 11.3 Å². The highest BCUT2D eigenvalue weighted by molar-refractivity contribution is 7.17. The molecule has 8 heteroatoms. The van der Waals surface area contributed by atoms with Gasteiger partial charge in [-0.1, -0.05) is 49.7 Å². The zero-order chi connectivity index (χ0) is 25.1. The number of carbonyl (C=O) groups is 2. The van der Waals surface area contributed by atoms with Crippen LogP contribution in [0.25, 0.3) is 10.6 Å². The molecule has 1 amide bonds. The molecule has 1 aliphatic heterocycles. The summed E-state index contributed by atoms with van der Waals surface area (Å²) in [6.07, 6.45) is 1.56. The van der Waals surface area contributed by atoms with E-state index >= 15 is 0 Å². The number of aliphatic hydroxyl groups is 1. The number of benzene rings is 2. The summed E-state index contributed by atoms with van der Waals surface area (Å²) in [6, 6.07) is 13.5. The number of aryl methyl sites for hydroxylation is 1. The third-order valence-corrected chi connectivity index (χ3v) is 7.13. The molecule has 1 atom stereocenters. The predicted octanol–water partition coefficient (Wildman–Crippen LogP) is 5.60. The van der Waals surface area contributed by atoms with Gasteiger partial charge in [0.25, 0.3) is 5.91 Å². The van der Waals surface area contributed by atoms with E-state index in [0.717, 1.165) is 12.0 Å². The molecule has 0 aliphatic carbocycles. The summed E-state index contributed by atoms with van der Waals surface area (Å²) < 4.78 is 5.53. The van der Waals surface area contributed by atoms with Gasteiger partial charge in [0.2, 0.25) is 5.78 Å². The van der Waals surface area contributed by atoms with Crippen molar-refractivity contribution in [3.05, 3.63) is 76.0 Å². The fourth-order valence-corrected chi connectivity index (χ4v) is 5.22. The first-order valence-electron chi connectivity index (χ1n) is 11.6. The monoisotopic (exact) mass is 492 g/mol. The van der Waals surface area contributed by atoms with E-state index in [1.165, 1.54) is 22.3 Å². The molecule has 2 N–H and O–H groups in total. The van der Waals surface area contributed by atoms with Gasteiger partial charge in [0.05, 0.1) is 28.8 Å². The number of nitrogens with zero attached hydrogens (tertiary/aromatic N) is 2. The summed E-state index contributed by atoms with van der Waals surface area (Å²) in [5.74, 6) is -1.33. The molecule has 0 bridgehead atoms. The van der Waals surface area contributed by atoms with E-state index in [9.17, 15) is 19.8 Å². The number of aromatic hydroxyl groups is 1. The third-order valence-electron chi connectivity index (χ3n) is 5.92. The molecule has 0 saturated heterocycles. The quantitative estimate of drug-likeness (QED) is 0.377. The Morgan fingerprint density at radius 3 is 2.57 bits per heavy atom. The number of carbonyl (C=O) groups excluding carboxylic acids is 2. The van der Waals surface area contributed by atoms with Crippen molar-refractivity contribution in [2.24, 2.45) is 0 Å². The maximum Gasteiger partial charge on any atom is 0.290 e. The van der Waals surface area contributed by atoms with Crippen molar-refractivity contribution in [2.75, 3.05) is 13.2 Å². The van der Waals surface area contributed by atoms with E-state index in [1.807, 2.05) is 37.3 Å². The molecule has 0 fully saturated rings. The van der Waals surface area contributed by atoms with Crippen molar-refractivity contribution >= 4 is 23.0 Å². The van der Waals surface area contributed by atoms with Crippen molar-refractivity contribution in [3.63, 3.8) is 0 Å². The van der Waals surface area contributed by atoms with Crippen LogP contribution < -0.4 is 4.74 Å². The molecule has 1 unspecified atom stereocenters. The summed E-state index contributed by atoms with van der Waals surface area (Å²) >= 11 is 1.24. The van der Waals surface area contributed by atoms with Gasteiger partial charge in [-0.15, -0.1) is 11.3 Å². The zero-order valence-electron chi connectivity index (χ0n) is 19.9. The maximum absolute atomic E-state index is 13.8. The minimum absolute atomic E-state index is 0.0191. The van der Waals surface area contributed by atoms with E-state index in [1.54, 1.807) is 26.0 Å². The number of amides is 1. The highest BCUT2D eigenvalue weighted by atomic mass is 32.1. The Balaban J connectivity index is 1.80. The van der Waals surface area contributed by atoms with Gasteiger partial charge in [-0.25, -0.2) is 4.98 Å². The van der Waals surface area contributed by atoms with Gasteiger partial charge in [-0.3, -0.25) is 9.59 Å². The Labute approximate surface area is 208 Å². The van der Waals surface area contributed by atoms with Crippen LogP contribution in [0.3, 0.4) is 0 Å². The number of hydrogen-bond acceptors (Lipinski definition) is 7. The van der Waals surface area contributed by atoms with Crippen molar-refractivity contribution in [1.82, 2.24) is 9.88 Å². The normalized spacial score (nSPS) is 15.7. The third kappa shape index (κ3) is 4.66. The molecule has 0 saturated carbocycles. The largest absolute Gasteiger partial charge is 0.504 e.